The number of ether oxygens (including phenoxy) is 1. The Morgan fingerprint density at radius 3 is 2.50 bits per heavy atom. The van der Waals surface area contributed by atoms with Crippen molar-refractivity contribution in [2.45, 2.75) is 12.8 Å². The second-order valence-corrected chi connectivity index (χ2v) is 1.18. The average Bonchev–Trinajstić information content (AvgIpc) is 1.76. The van der Waals surface area contributed by atoms with E-state index in [0.29, 0.717) is 0 Å². The second-order valence-electron chi connectivity index (χ2n) is 1.18. The molecule has 0 aromatic carbocycles. The third kappa shape index (κ3) is 1.92. The summed E-state index contributed by atoms with van der Waals surface area (Å²) in [5.41, 5.74) is 0. The summed E-state index contributed by atoms with van der Waals surface area (Å²) >= 11 is 0. The van der Waals surface area contributed by atoms with Crippen molar-refractivity contribution in [1.82, 2.24) is 0 Å². The number of hydrogen-bond donors (Lipinski definition) is 0. The second kappa shape index (κ2) is 3.80. The third-order valence-electron chi connectivity index (χ3n) is 0.702. The van der Waals surface area contributed by atoms with Crippen LogP contribution in [0.2, 0.25) is 0 Å². The van der Waals surface area contributed by atoms with Gasteiger partial charge in [0.15, 0.2) is 0 Å². The molecule has 2 heteroatoms. The van der Waals surface area contributed by atoms with Gasteiger partial charge in [-0.05, 0) is 0 Å². The molecular formula is C4H7OPd-. The van der Waals surface area contributed by atoms with Crippen LogP contribution in [0.5, 0.6) is 0 Å². The first-order chi connectivity index (χ1) is 2.50. The summed E-state index contributed by atoms with van der Waals surface area (Å²) in [5.74, 6) is 0. The van der Waals surface area contributed by atoms with Crippen molar-refractivity contribution in [1.29, 1.82) is 0 Å². The van der Waals surface area contributed by atoms with E-state index in [9.17, 15) is 0 Å². The van der Waals surface area contributed by atoms with Crippen LogP contribution in [0.3, 0.4) is 0 Å². The Kier molecular flexibility index (Phi) is 4.19. The van der Waals surface area contributed by atoms with Crippen LogP contribution in [-0.4, -0.2) is 6.61 Å². The maximum Gasteiger partial charge on any atom is 0.00878 e. The Bertz CT molecular complexity index is 19.1. The SMILES string of the molecule is [CH-]1CCCO1.[Pd]. The first-order valence-corrected chi connectivity index (χ1v) is 1.93. The summed E-state index contributed by atoms with van der Waals surface area (Å²) in [7, 11) is 0. The average molecular weight is 178 g/mol. The van der Waals surface area contributed by atoms with Gasteiger partial charge in [-0.2, -0.15) is 6.42 Å². The molecule has 1 nitrogen and oxygen atoms in total. The molecule has 0 radical (unpaired) electrons. The fourth-order valence-electron chi connectivity index (χ4n) is 0.417. The molecule has 6 heavy (non-hydrogen) atoms. The van der Waals surface area contributed by atoms with Gasteiger partial charge in [-0.1, -0.05) is 6.42 Å². The topological polar surface area (TPSA) is 9.23 Å². The first-order valence-electron chi connectivity index (χ1n) is 1.93. The Labute approximate surface area is 51.7 Å². The molecular weight excluding hydrogens is 170 g/mol. The molecule has 0 spiro atoms. The summed E-state index contributed by atoms with van der Waals surface area (Å²) in [6.07, 6.45) is 2.38. The molecule has 1 heterocycles. The van der Waals surface area contributed by atoms with Crippen LogP contribution >= 0.6 is 0 Å². The Balaban J connectivity index is 0.000000250. The summed E-state index contributed by atoms with van der Waals surface area (Å²) in [5, 5.41) is 0. The van der Waals surface area contributed by atoms with Crippen LogP contribution in [0.1, 0.15) is 12.8 Å². The molecule has 1 saturated heterocycles. The Morgan fingerprint density at radius 1 is 1.50 bits per heavy atom. The molecule has 0 bridgehead atoms. The Morgan fingerprint density at radius 2 is 2.33 bits per heavy atom. The summed E-state index contributed by atoms with van der Waals surface area (Å²) in [4.78, 5) is 0. The van der Waals surface area contributed by atoms with Crippen molar-refractivity contribution in [3.8, 4) is 0 Å². The van der Waals surface area contributed by atoms with E-state index in [1.165, 1.54) is 6.42 Å². The van der Waals surface area contributed by atoms with Crippen LogP contribution in [0.25, 0.3) is 0 Å². The minimum Gasteiger partial charge on any atom is -0.552 e. The van der Waals surface area contributed by atoms with Crippen LogP contribution in [0.4, 0.5) is 0 Å². The molecule has 0 saturated carbocycles. The molecule has 0 atom stereocenters. The molecule has 0 aromatic heterocycles. The van der Waals surface area contributed by atoms with E-state index in [1.807, 2.05) is 6.61 Å². The molecule has 0 unspecified atom stereocenters. The smallest absolute Gasteiger partial charge is 0.00878 e. The van der Waals surface area contributed by atoms with Gasteiger partial charge < -0.3 is 4.74 Å². The maximum absolute atomic E-state index is 4.82. The fraction of sp³-hybridized carbons (Fsp3) is 0.750. The minimum absolute atomic E-state index is 0. The molecule has 0 aromatic rings. The standard InChI is InChI=1S/C4H7O.Pd/c1-2-4-5-3-1;/h3H,1-2,4H2;/q-1;. The largest absolute Gasteiger partial charge is 0.552 e. The van der Waals surface area contributed by atoms with Gasteiger partial charge in [0.2, 0.25) is 0 Å². The predicted molar refractivity (Wildman–Crippen MR) is 19.5 cm³/mol. The molecule has 0 N–H and O–H groups in total. The number of rotatable bonds is 0. The van der Waals surface area contributed by atoms with Gasteiger partial charge in [0.1, 0.15) is 0 Å². The van der Waals surface area contributed by atoms with Gasteiger partial charge in [-0.15, -0.1) is 0 Å². The van der Waals surface area contributed by atoms with E-state index < -0.39 is 0 Å². The summed E-state index contributed by atoms with van der Waals surface area (Å²) < 4.78 is 4.82. The fourth-order valence-corrected chi connectivity index (χ4v) is 0.417. The van der Waals surface area contributed by atoms with E-state index in [-0.39, 0.29) is 20.4 Å². The van der Waals surface area contributed by atoms with E-state index in [4.69, 9.17) is 4.74 Å². The van der Waals surface area contributed by atoms with E-state index in [2.05, 4.69) is 0 Å². The van der Waals surface area contributed by atoms with Crippen molar-refractivity contribution >= 4 is 0 Å². The van der Waals surface area contributed by atoms with Crippen molar-refractivity contribution in [2.24, 2.45) is 0 Å². The van der Waals surface area contributed by atoms with Gasteiger partial charge in [0.05, 0.1) is 0 Å². The van der Waals surface area contributed by atoms with Gasteiger partial charge in [0.25, 0.3) is 0 Å². The van der Waals surface area contributed by atoms with E-state index in [1.54, 1.807) is 0 Å². The zero-order valence-electron chi connectivity index (χ0n) is 3.42. The maximum atomic E-state index is 4.82. The third-order valence-corrected chi connectivity index (χ3v) is 0.702. The van der Waals surface area contributed by atoms with E-state index >= 15 is 0 Å². The minimum atomic E-state index is 0. The molecule has 1 aliphatic heterocycles. The molecule has 40 valence electrons. The quantitative estimate of drug-likeness (QED) is 0.396. The van der Waals surface area contributed by atoms with Gasteiger partial charge in [-0.3, -0.25) is 0 Å². The normalized spacial score (nSPS) is 20.0. The zero-order valence-corrected chi connectivity index (χ0v) is 4.98. The Hall–Kier alpha value is 0.622. The summed E-state index contributed by atoms with van der Waals surface area (Å²) in [6, 6.07) is 0. The summed E-state index contributed by atoms with van der Waals surface area (Å²) in [6.45, 7) is 2.81. The predicted octanol–water partition coefficient (Wildman–Crippen LogP) is 0.956. The van der Waals surface area contributed by atoms with Gasteiger partial charge in [-0.25, -0.2) is 6.61 Å². The van der Waals surface area contributed by atoms with Crippen LogP contribution in [0, 0.1) is 6.61 Å². The van der Waals surface area contributed by atoms with Crippen molar-refractivity contribution in [2.75, 3.05) is 6.61 Å². The molecule has 0 aliphatic carbocycles. The molecule has 1 rings (SSSR count). The molecule has 1 aliphatic rings. The van der Waals surface area contributed by atoms with Crippen molar-refractivity contribution < 1.29 is 25.2 Å². The number of hydrogen-bond acceptors (Lipinski definition) is 1. The molecule has 1 fully saturated rings. The van der Waals surface area contributed by atoms with Crippen molar-refractivity contribution in [3.63, 3.8) is 0 Å². The first kappa shape index (κ1) is 6.62. The van der Waals surface area contributed by atoms with Crippen LogP contribution < -0.4 is 0 Å². The van der Waals surface area contributed by atoms with Gasteiger partial charge in [0, 0.05) is 27.0 Å². The van der Waals surface area contributed by atoms with Gasteiger partial charge >= 0.3 is 0 Å². The van der Waals surface area contributed by atoms with E-state index in [0.717, 1.165) is 13.0 Å². The van der Waals surface area contributed by atoms with Crippen LogP contribution in [0.15, 0.2) is 0 Å². The van der Waals surface area contributed by atoms with Crippen molar-refractivity contribution in [3.05, 3.63) is 6.61 Å². The zero-order chi connectivity index (χ0) is 3.54. The monoisotopic (exact) mass is 177 g/mol. The molecule has 0 amide bonds. The van der Waals surface area contributed by atoms with Crippen LogP contribution in [-0.2, 0) is 25.2 Å².